The van der Waals surface area contributed by atoms with Gasteiger partial charge in [0.05, 0.1) is 7.11 Å². The normalized spacial score (nSPS) is 15.5. The van der Waals surface area contributed by atoms with E-state index in [-0.39, 0.29) is 11.6 Å². The van der Waals surface area contributed by atoms with Crippen LogP contribution in [0.3, 0.4) is 0 Å². The maximum Gasteiger partial charge on any atom is 0.275 e. The molecule has 116 valence electrons. The highest BCUT2D eigenvalue weighted by atomic mass is 19.1. The quantitative estimate of drug-likeness (QED) is 0.883. The van der Waals surface area contributed by atoms with Crippen LogP contribution in [0.4, 0.5) is 4.39 Å². The van der Waals surface area contributed by atoms with Crippen LogP contribution in [0.1, 0.15) is 11.1 Å². The molecule has 0 fully saturated rings. The van der Waals surface area contributed by atoms with E-state index in [1.54, 1.807) is 0 Å². The molecular formula is C18H15FN2O2. The van der Waals surface area contributed by atoms with Gasteiger partial charge in [-0.3, -0.25) is 4.79 Å². The zero-order valence-corrected chi connectivity index (χ0v) is 12.5. The second kappa shape index (κ2) is 6.44. The number of carbonyl (C=O) groups excluding carboxylic acids is 1. The first-order valence-corrected chi connectivity index (χ1v) is 7.14. The van der Waals surface area contributed by atoms with Crippen LogP contribution in [0.2, 0.25) is 0 Å². The fourth-order valence-corrected chi connectivity index (χ4v) is 2.36. The molecule has 1 aliphatic rings. The minimum atomic E-state index is -0.399. The van der Waals surface area contributed by atoms with Gasteiger partial charge in [-0.1, -0.05) is 30.3 Å². The van der Waals surface area contributed by atoms with Crippen LogP contribution in [0, 0.1) is 5.82 Å². The van der Waals surface area contributed by atoms with Crippen LogP contribution in [0.5, 0.6) is 5.75 Å². The van der Waals surface area contributed by atoms with E-state index in [1.165, 1.54) is 31.4 Å². The first-order chi connectivity index (χ1) is 11.2. The van der Waals surface area contributed by atoms with E-state index in [2.05, 4.69) is 10.3 Å². The largest absolute Gasteiger partial charge is 0.496 e. The van der Waals surface area contributed by atoms with Crippen molar-refractivity contribution in [1.29, 1.82) is 0 Å². The number of hydrogen-bond donors (Lipinski definition) is 1. The minimum Gasteiger partial charge on any atom is -0.496 e. The van der Waals surface area contributed by atoms with Crippen molar-refractivity contribution in [2.24, 2.45) is 4.99 Å². The maximum atomic E-state index is 13.4. The summed E-state index contributed by atoms with van der Waals surface area (Å²) in [6.45, 7) is 0. The van der Waals surface area contributed by atoms with Crippen molar-refractivity contribution in [2.75, 3.05) is 7.11 Å². The molecule has 2 aromatic carbocycles. The second-order valence-corrected chi connectivity index (χ2v) is 5.09. The lowest BCUT2D eigenvalue weighted by Crippen LogP contribution is -2.25. The lowest BCUT2D eigenvalue weighted by atomic mass is 10.1. The molecule has 1 aliphatic heterocycles. The molecule has 23 heavy (non-hydrogen) atoms. The van der Waals surface area contributed by atoms with Crippen LogP contribution < -0.4 is 10.1 Å². The average molecular weight is 310 g/mol. The molecule has 2 aromatic rings. The number of benzene rings is 2. The lowest BCUT2D eigenvalue weighted by molar-refractivity contribution is -0.115. The predicted octanol–water partition coefficient (Wildman–Crippen LogP) is 2.95. The highest BCUT2D eigenvalue weighted by molar-refractivity contribution is 6.14. The Morgan fingerprint density at radius 1 is 1.22 bits per heavy atom. The number of hydrogen-bond acceptors (Lipinski definition) is 3. The lowest BCUT2D eigenvalue weighted by Gasteiger charge is -2.04. The monoisotopic (exact) mass is 310 g/mol. The molecule has 0 bridgehead atoms. The molecule has 1 N–H and O–H groups in total. The van der Waals surface area contributed by atoms with Crippen LogP contribution in [0.15, 0.2) is 59.2 Å². The zero-order chi connectivity index (χ0) is 16.2. The van der Waals surface area contributed by atoms with Gasteiger partial charge in [-0.2, -0.15) is 0 Å². The molecule has 0 radical (unpaired) electrons. The fourth-order valence-electron chi connectivity index (χ4n) is 2.36. The standard InChI is InChI=1S/C18H15FN2O2/c1-23-16-8-7-14(19)10-13(16)11-15-18(22)21-17(20-15)9-12-5-3-2-4-6-12/h2-8,10-11H,9H2,1H3,(H,20,21,22)/b15-11+. The molecule has 0 saturated heterocycles. The molecule has 0 saturated carbocycles. The van der Waals surface area contributed by atoms with Crippen LogP contribution in [-0.4, -0.2) is 18.9 Å². The molecule has 4 nitrogen and oxygen atoms in total. The average Bonchev–Trinajstić information content (AvgIpc) is 2.88. The maximum absolute atomic E-state index is 13.4. The number of amides is 1. The van der Waals surface area contributed by atoms with Gasteiger partial charge in [-0.25, -0.2) is 9.38 Å². The third-order valence-corrected chi connectivity index (χ3v) is 3.44. The Balaban J connectivity index is 1.88. The Labute approximate surface area is 133 Å². The van der Waals surface area contributed by atoms with Gasteiger partial charge >= 0.3 is 0 Å². The van der Waals surface area contributed by atoms with Gasteiger partial charge in [0.15, 0.2) is 0 Å². The highest BCUT2D eigenvalue weighted by Crippen LogP contribution is 2.23. The summed E-state index contributed by atoms with van der Waals surface area (Å²) < 4.78 is 18.6. The van der Waals surface area contributed by atoms with Gasteiger partial charge in [0.25, 0.3) is 5.91 Å². The summed E-state index contributed by atoms with van der Waals surface area (Å²) in [4.78, 5) is 16.3. The number of nitrogens with one attached hydrogen (secondary N) is 1. The summed E-state index contributed by atoms with van der Waals surface area (Å²) in [6, 6.07) is 13.9. The Hall–Kier alpha value is -2.95. The second-order valence-electron chi connectivity index (χ2n) is 5.09. The number of aliphatic imine (C=N–C) groups is 1. The SMILES string of the molecule is COc1ccc(F)cc1/C=C1/N=C(Cc2ccccc2)NC1=O. The molecule has 1 amide bonds. The summed E-state index contributed by atoms with van der Waals surface area (Å²) in [5.74, 6) is 0.355. The van der Waals surface area contributed by atoms with E-state index in [4.69, 9.17) is 4.74 Å². The van der Waals surface area contributed by atoms with Gasteiger partial charge in [-0.05, 0) is 29.8 Å². The van der Waals surface area contributed by atoms with Gasteiger partial charge in [0, 0.05) is 12.0 Å². The fraction of sp³-hybridized carbons (Fsp3) is 0.111. The Morgan fingerprint density at radius 2 is 2.00 bits per heavy atom. The van der Waals surface area contributed by atoms with Gasteiger partial charge in [0.1, 0.15) is 23.1 Å². The zero-order valence-electron chi connectivity index (χ0n) is 12.5. The van der Waals surface area contributed by atoms with E-state index < -0.39 is 5.82 Å². The van der Waals surface area contributed by atoms with E-state index in [0.29, 0.717) is 23.6 Å². The van der Waals surface area contributed by atoms with Crippen molar-refractivity contribution >= 4 is 17.8 Å². The summed E-state index contributed by atoms with van der Waals surface area (Å²) in [5, 5.41) is 2.73. The number of rotatable bonds is 4. The van der Waals surface area contributed by atoms with E-state index in [9.17, 15) is 9.18 Å². The van der Waals surface area contributed by atoms with Crippen molar-refractivity contribution in [2.45, 2.75) is 6.42 Å². The van der Waals surface area contributed by atoms with Crippen molar-refractivity contribution < 1.29 is 13.9 Å². The summed E-state index contributed by atoms with van der Waals surface area (Å²) in [6.07, 6.45) is 2.06. The first-order valence-electron chi connectivity index (χ1n) is 7.14. The third-order valence-electron chi connectivity index (χ3n) is 3.44. The molecule has 0 unspecified atom stereocenters. The first kappa shape index (κ1) is 15.0. The molecule has 0 aliphatic carbocycles. The van der Waals surface area contributed by atoms with E-state index in [1.807, 2.05) is 30.3 Å². The van der Waals surface area contributed by atoms with Crippen LogP contribution in [-0.2, 0) is 11.2 Å². The van der Waals surface area contributed by atoms with Gasteiger partial charge in [-0.15, -0.1) is 0 Å². The molecular weight excluding hydrogens is 295 g/mol. The third kappa shape index (κ3) is 3.45. The Morgan fingerprint density at radius 3 is 2.74 bits per heavy atom. The topological polar surface area (TPSA) is 50.7 Å². The summed E-state index contributed by atoms with van der Waals surface area (Å²) >= 11 is 0. The van der Waals surface area contributed by atoms with Crippen molar-refractivity contribution in [3.05, 3.63) is 71.2 Å². The number of amidine groups is 1. The molecule has 5 heteroatoms. The molecule has 0 atom stereocenters. The van der Waals surface area contributed by atoms with E-state index >= 15 is 0 Å². The Bertz CT molecular complexity index is 798. The number of ether oxygens (including phenoxy) is 1. The Kier molecular flexibility index (Phi) is 4.19. The highest BCUT2D eigenvalue weighted by Gasteiger charge is 2.20. The molecule has 0 spiro atoms. The number of carbonyl (C=O) groups is 1. The molecule has 0 aromatic heterocycles. The van der Waals surface area contributed by atoms with Gasteiger partial charge in [0.2, 0.25) is 0 Å². The summed E-state index contributed by atoms with van der Waals surface area (Å²) in [5.41, 5.74) is 1.76. The van der Waals surface area contributed by atoms with Crippen molar-refractivity contribution in [1.82, 2.24) is 5.32 Å². The van der Waals surface area contributed by atoms with Crippen molar-refractivity contribution in [3.63, 3.8) is 0 Å². The number of nitrogens with zero attached hydrogens (tertiary/aromatic N) is 1. The van der Waals surface area contributed by atoms with E-state index in [0.717, 1.165) is 5.56 Å². The summed E-state index contributed by atoms with van der Waals surface area (Å²) in [7, 11) is 1.49. The minimum absolute atomic E-state index is 0.236. The van der Waals surface area contributed by atoms with Gasteiger partial charge < -0.3 is 10.1 Å². The predicted molar refractivity (Wildman–Crippen MR) is 86.7 cm³/mol. The number of methoxy groups -OCH3 is 1. The van der Waals surface area contributed by atoms with Crippen LogP contribution >= 0.6 is 0 Å². The number of halogens is 1. The molecule has 3 rings (SSSR count). The molecule has 1 heterocycles. The van der Waals surface area contributed by atoms with Crippen LogP contribution in [0.25, 0.3) is 6.08 Å². The van der Waals surface area contributed by atoms with Crippen molar-refractivity contribution in [3.8, 4) is 5.75 Å². The smallest absolute Gasteiger partial charge is 0.275 e.